The van der Waals surface area contributed by atoms with E-state index in [-0.39, 0.29) is 0 Å². The van der Waals surface area contributed by atoms with Gasteiger partial charge in [0.25, 0.3) is 0 Å². The lowest BCUT2D eigenvalue weighted by atomic mass is 10.2. The fraction of sp³-hybridized carbons (Fsp3) is 0.467. The van der Waals surface area contributed by atoms with E-state index in [2.05, 4.69) is 53.4 Å². The first-order valence-corrected chi connectivity index (χ1v) is 8.18. The molecule has 3 aromatic heterocycles. The molecule has 0 atom stereocenters. The van der Waals surface area contributed by atoms with Crippen LogP contribution in [0.2, 0.25) is 0 Å². The zero-order valence-electron chi connectivity index (χ0n) is 13.5. The molecule has 6 nitrogen and oxygen atoms in total. The standard InChI is InChI=1S/C15H20N6S/c1-9(2)15-17-12(7-22-15)6-20(5)13-10(3)11(4)19-21-8-16-18-14(13)21/h7-9H,6H2,1-5H3. The number of aryl methyl sites for hydroxylation is 1. The highest BCUT2D eigenvalue weighted by molar-refractivity contribution is 7.09. The molecule has 0 aliphatic heterocycles. The predicted octanol–water partition coefficient (Wildman–Crippen LogP) is 2.96. The van der Waals surface area contributed by atoms with Crippen LogP contribution in [0.4, 0.5) is 5.69 Å². The molecule has 0 aliphatic rings. The molecule has 3 aromatic rings. The van der Waals surface area contributed by atoms with Crippen molar-refractivity contribution in [3.63, 3.8) is 0 Å². The van der Waals surface area contributed by atoms with E-state index in [1.165, 1.54) is 5.01 Å². The van der Waals surface area contributed by atoms with Crippen LogP contribution in [-0.4, -0.2) is 31.8 Å². The Morgan fingerprint density at radius 3 is 2.77 bits per heavy atom. The Kier molecular flexibility index (Phi) is 3.82. The predicted molar refractivity (Wildman–Crippen MR) is 88.6 cm³/mol. The van der Waals surface area contributed by atoms with Crippen LogP contribution < -0.4 is 4.90 Å². The van der Waals surface area contributed by atoms with Crippen LogP contribution in [-0.2, 0) is 6.54 Å². The van der Waals surface area contributed by atoms with Crippen LogP contribution >= 0.6 is 11.3 Å². The number of nitrogens with zero attached hydrogens (tertiary/aromatic N) is 6. The maximum Gasteiger partial charge on any atom is 0.201 e. The van der Waals surface area contributed by atoms with E-state index < -0.39 is 0 Å². The fourth-order valence-corrected chi connectivity index (χ4v) is 3.30. The first-order chi connectivity index (χ1) is 10.5. The zero-order valence-corrected chi connectivity index (χ0v) is 14.3. The Bertz CT molecular complexity index is 804. The lowest BCUT2D eigenvalue weighted by molar-refractivity contribution is 0.815. The Morgan fingerprint density at radius 1 is 1.32 bits per heavy atom. The number of hydrogen-bond acceptors (Lipinski definition) is 6. The van der Waals surface area contributed by atoms with Crippen LogP contribution in [0, 0.1) is 13.8 Å². The number of rotatable bonds is 4. The highest BCUT2D eigenvalue weighted by atomic mass is 32.1. The lowest BCUT2D eigenvalue weighted by Crippen LogP contribution is -2.20. The Labute approximate surface area is 133 Å². The van der Waals surface area contributed by atoms with Crippen molar-refractivity contribution in [2.24, 2.45) is 0 Å². The Hall–Kier alpha value is -2.02. The number of anilines is 1. The summed E-state index contributed by atoms with van der Waals surface area (Å²) in [6, 6.07) is 0. The largest absolute Gasteiger partial charge is 0.365 e. The minimum absolute atomic E-state index is 0.470. The molecule has 0 bridgehead atoms. The molecule has 116 valence electrons. The number of thiazole rings is 1. The summed E-state index contributed by atoms with van der Waals surface area (Å²) in [6.45, 7) is 9.16. The molecule has 0 saturated carbocycles. The van der Waals surface area contributed by atoms with Crippen LogP contribution in [0.3, 0.4) is 0 Å². The van der Waals surface area contributed by atoms with Gasteiger partial charge in [-0.3, -0.25) is 0 Å². The van der Waals surface area contributed by atoms with E-state index in [9.17, 15) is 0 Å². The summed E-state index contributed by atoms with van der Waals surface area (Å²) in [4.78, 5) is 6.89. The van der Waals surface area contributed by atoms with Crippen molar-refractivity contribution >= 4 is 22.7 Å². The molecule has 0 N–H and O–H groups in total. The van der Waals surface area contributed by atoms with Crippen molar-refractivity contribution < 1.29 is 0 Å². The molecule has 3 rings (SSSR count). The molecule has 0 aliphatic carbocycles. The third kappa shape index (κ3) is 2.56. The summed E-state index contributed by atoms with van der Waals surface area (Å²) >= 11 is 1.72. The molecular weight excluding hydrogens is 296 g/mol. The molecule has 3 heterocycles. The van der Waals surface area contributed by atoms with Crippen LogP contribution in [0.1, 0.15) is 41.7 Å². The average molecular weight is 316 g/mol. The average Bonchev–Trinajstić information content (AvgIpc) is 3.08. The highest BCUT2D eigenvalue weighted by Crippen LogP contribution is 2.27. The number of fused-ring (bicyclic) bond motifs is 1. The molecule has 0 spiro atoms. The third-order valence-electron chi connectivity index (χ3n) is 3.74. The van der Waals surface area contributed by atoms with Gasteiger partial charge in [0.15, 0.2) is 0 Å². The lowest BCUT2D eigenvalue weighted by Gasteiger charge is -2.21. The van der Waals surface area contributed by atoms with E-state index in [0.717, 1.165) is 34.8 Å². The highest BCUT2D eigenvalue weighted by Gasteiger charge is 2.17. The number of aromatic nitrogens is 5. The molecular formula is C15H20N6S. The molecule has 7 heteroatoms. The minimum Gasteiger partial charge on any atom is -0.365 e. The second-order valence-electron chi connectivity index (χ2n) is 5.85. The van der Waals surface area contributed by atoms with Crippen molar-refractivity contribution in [2.75, 3.05) is 11.9 Å². The van der Waals surface area contributed by atoms with Crippen molar-refractivity contribution in [2.45, 2.75) is 40.2 Å². The van der Waals surface area contributed by atoms with Crippen molar-refractivity contribution in [3.8, 4) is 0 Å². The summed E-state index contributed by atoms with van der Waals surface area (Å²) in [5, 5.41) is 16.0. The smallest absolute Gasteiger partial charge is 0.201 e. The van der Waals surface area contributed by atoms with E-state index >= 15 is 0 Å². The van der Waals surface area contributed by atoms with Gasteiger partial charge in [0.2, 0.25) is 5.65 Å². The minimum atomic E-state index is 0.470. The van der Waals surface area contributed by atoms with Gasteiger partial charge in [0, 0.05) is 18.3 Å². The number of hydrogen-bond donors (Lipinski definition) is 0. The first kappa shape index (κ1) is 14.9. The van der Waals surface area contributed by atoms with Crippen LogP contribution in [0.15, 0.2) is 11.7 Å². The second kappa shape index (κ2) is 5.64. The maximum absolute atomic E-state index is 4.71. The second-order valence-corrected chi connectivity index (χ2v) is 6.74. The Morgan fingerprint density at radius 2 is 2.09 bits per heavy atom. The van der Waals surface area contributed by atoms with E-state index in [4.69, 9.17) is 4.98 Å². The summed E-state index contributed by atoms with van der Waals surface area (Å²) in [7, 11) is 2.06. The van der Waals surface area contributed by atoms with Gasteiger partial charge >= 0.3 is 0 Å². The summed E-state index contributed by atoms with van der Waals surface area (Å²) in [5.74, 6) is 0.470. The van der Waals surface area contributed by atoms with Crippen molar-refractivity contribution in [3.05, 3.63) is 33.7 Å². The van der Waals surface area contributed by atoms with Gasteiger partial charge in [-0.05, 0) is 19.4 Å². The Balaban J connectivity index is 1.96. The fourth-order valence-electron chi connectivity index (χ4n) is 2.47. The summed E-state index contributed by atoms with van der Waals surface area (Å²) in [5.41, 5.74) is 5.04. The van der Waals surface area contributed by atoms with E-state index in [1.807, 2.05) is 6.92 Å². The molecule has 0 amide bonds. The normalized spacial score (nSPS) is 11.5. The van der Waals surface area contributed by atoms with Gasteiger partial charge in [0.1, 0.15) is 6.33 Å². The van der Waals surface area contributed by atoms with Crippen molar-refractivity contribution in [1.82, 2.24) is 24.8 Å². The topological polar surface area (TPSA) is 59.2 Å². The van der Waals surface area contributed by atoms with Gasteiger partial charge in [-0.1, -0.05) is 13.8 Å². The van der Waals surface area contributed by atoms with Crippen molar-refractivity contribution in [1.29, 1.82) is 0 Å². The first-order valence-electron chi connectivity index (χ1n) is 7.30. The quantitative estimate of drug-likeness (QED) is 0.740. The van der Waals surface area contributed by atoms with Gasteiger partial charge in [0.05, 0.1) is 28.6 Å². The third-order valence-corrected chi connectivity index (χ3v) is 4.94. The van der Waals surface area contributed by atoms with E-state index in [1.54, 1.807) is 22.2 Å². The molecule has 0 radical (unpaired) electrons. The maximum atomic E-state index is 4.71. The van der Waals surface area contributed by atoms with Gasteiger partial charge in [-0.15, -0.1) is 21.5 Å². The van der Waals surface area contributed by atoms with E-state index in [0.29, 0.717) is 5.92 Å². The van der Waals surface area contributed by atoms with Crippen LogP contribution in [0.25, 0.3) is 5.65 Å². The zero-order chi connectivity index (χ0) is 15.9. The van der Waals surface area contributed by atoms with Gasteiger partial charge < -0.3 is 4.90 Å². The summed E-state index contributed by atoms with van der Waals surface area (Å²) in [6.07, 6.45) is 1.64. The molecule has 0 unspecified atom stereocenters. The molecule has 0 saturated heterocycles. The van der Waals surface area contributed by atoms with Gasteiger partial charge in [-0.2, -0.15) is 9.61 Å². The molecule has 0 fully saturated rings. The molecule has 22 heavy (non-hydrogen) atoms. The summed E-state index contributed by atoms with van der Waals surface area (Å²) < 4.78 is 1.73. The van der Waals surface area contributed by atoms with Crippen LogP contribution in [0.5, 0.6) is 0 Å². The monoisotopic (exact) mass is 316 g/mol. The van der Waals surface area contributed by atoms with Gasteiger partial charge in [-0.25, -0.2) is 4.98 Å². The SMILES string of the molecule is Cc1nn2cnnc2c(N(C)Cc2csc(C(C)C)n2)c1C. The molecule has 0 aromatic carbocycles.